The van der Waals surface area contributed by atoms with E-state index in [9.17, 15) is 5.11 Å². The Morgan fingerprint density at radius 3 is 2.71 bits per heavy atom. The largest absolute Gasteiger partial charge is 0.389 e. The van der Waals surface area contributed by atoms with Gasteiger partial charge in [0.1, 0.15) is 0 Å². The van der Waals surface area contributed by atoms with Crippen molar-refractivity contribution < 1.29 is 5.11 Å². The quantitative estimate of drug-likeness (QED) is 0.785. The summed E-state index contributed by atoms with van der Waals surface area (Å²) in [4.78, 5) is 0. The van der Waals surface area contributed by atoms with Crippen LogP contribution in [-0.2, 0) is 6.54 Å². The molecule has 0 saturated heterocycles. The van der Waals surface area contributed by atoms with Crippen LogP contribution < -0.4 is 0 Å². The van der Waals surface area contributed by atoms with Crippen LogP contribution in [0.5, 0.6) is 0 Å². The summed E-state index contributed by atoms with van der Waals surface area (Å²) < 4.78 is 1.92. The number of aromatic nitrogens is 2. The Hall–Kier alpha value is -0.830. The fourth-order valence-electron chi connectivity index (χ4n) is 1.60. The summed E-state index contributed by atoms with van der Waals surface area (Å²) >= 11 is 0. The third-order valence-electron chi connectivity index (χ3n) is 2.42. The average molecular weight is 196 g/mol. The molecule has 80 valence electrons. The molecule has 1 N–H and O–H groups in total. The van der Waals surface area contributed by atoms with Crippen LogP contribution in [0.2, 0.25) is 0 Å². The molecule has 1 aromatic rings. The first-order chi connectivity index (χ1) is 6.63. The number of rotatable bonds is 5. The van der Waals surface area contributed by atoms with Crippen molar-refractivity contribution in [1.82, 2.24) is 9.78 Å². The monoisotopic (exact) mass is 196 g/mol. The van der Waals surface area contributed by atoms with E-state index >= 15 is 0 Å². The van der Waals surface area contributed by atoms with Crippen molar-refractivity contribution >= 4 is 0 Å². The van der Waals surface area contributed by atoms with E-state index in [1.807, 2.05) is 10.9 Å². The third kappa shape index (κ3) is 3.14. The highest BCUT2D eigenvalue weighted by Crippen LogP contribution is 2.12. The van der Waals surface area contributed by atoms with Crippen LogP contribution >= 0.6 is 0 Å². The van der Waals surface area contributed by atoms with Gasteiger partial charge in [0.25, 0.3) is 0 Å². The third-order valence-corrected chi connectivity index (χ3v) is 2.42. The van der Waals surface area contributed by atoms with Crippen molar-refractivity contribution in [3.05, 3.63) is 18.0 Å². The van der Waals surface area contributed by atoms with Gasteiger partial charge in [-0.3, -0.25) is 4.68 Å². The molecule has 3 heteroatoms. The number of hydrogen-bond acceptors (Lipinski definition) is 2. The zero-order valence-corrected chi connectivity index (χ0v) is 9.27. The van der Waals surface area contributed by atoms with Crippen LogP contribution in [0, 0.1) is 5.92 Å². The molecule has 0 spiro atoms. The van der Waals surface area contributed by atoms with Crippen LogP contribution in [0.1, 0.15) is 45.3 Å². The van der Waals surface area contributed by atoms with Crippen molar-refractivity contribution in [3.63, 3.8) is 0 Å². The summed E-state index contributed by atoms with van der Waals surface area (Å²) in [6.45, 7) is 7.13. The van der Waals surface area contributed by atoms with Crippen LogP contribution in [-0.4, -0.2) is 14.9 Å². The summed E-state index contributed by atoms with van der Waals surface area (Å²) in [6, 6.07) is 0. The molecule has 1 heterocycles. The SMILES string of the molecule is CCCC(C)Cn1cc(C(C)O)cn1. The zero-order valence-electron chi connectivity index (χ0n) is 9.27. The highest BCUT2D eigenvalue weighted by atomic mass is 16.3. The second-order valence-corrected chi connectivity index (χ2v) is 4.07. The van der Waals surface area contributed by atoms with Crippen LogP contribution in [0.25, 0.3) is 0 Å². The highest BCUT2D eigenvalue weighted by Gasteiger charge is 2.06. The van der Waals surface area contributed by atoms with Gasteiger partial charge in [-0.05, 0) is 19.3 Å². The maximum absolute atomic E-state index is 9.32. The highest BCUT2D eigenvalue weighted by molar-refractivity contribution is 5.06. The van der Waals surface area contributed by atoms with Crippen molar-refractivity contribution in [2.24, 2.45) is 5.92 Å². The molecule has 0 saturated carbocycles. The van der Waals surface area contributed by atoms with Crippen LogP contribution in [0.4, 0.5) is 0 Å². The second kappa shape index (κ2) is 5.15. The predicted molar refractivity (Wildman–Crippen MR) is 56.9 cm³/mol. The molecule has 0 aliphatic rings. The molecule has 2 unspecified atom stereocenters. The van der Waals surface area contributed by atoms with Crippen molar-refractivity contribution in [2.45, 2.75) is 46.3 Å². The van der Waals surface area contributed by atoms with Gasteiger partial charge in [-0.1, -0.05) is 20.3 Å². The predicted octanol–water partition coefficient (Wildman–Crippen LogP) is 2.37. The minimum Gasteiger partial charge on any atom is -0.389 e. The van der Waals surface area contributed by atoms with Gasteiger partial charge in [0.05, 0.1) is 12.3 Å². The number of aliphatic hydroxyl groups is 1. The van der Waals surface area contributed by atoms with Gasteiger partial charge < -0.3 is 5.11 Å². The number of hydrogen-bond donors (Lipinski definition) is 1. The Kier molecular flexibility index (Phi) is 4.14. The lowest BCUT2D eigenvalue weighted by Crippen LogP contribution is -2.07. The lowest BCUT2D eigenvalue weighted by molar-refractivity contribution is 0.199. The van der Waals surface area contributed by atoms with Gasteiger partial charge in [-0.2, -0.15) is 5.10 Å². The molecule has 2 atom stereocenters. The molecule has 1 aromatic heterocycles. The first-order valence-electron chi connectivity index (χ1n) is 5.34. The van der Waals surface area contributed by atoms with Crippen LogP contribution in [0.3, 0.4) is 0 Å². The molecule has 0 radical (unpaired) electrons. The second-order valence-electron chi connectivity index (χ2n) is 4.07. The smallest absolute Gasteiger partial charge is 0.0792 e. The Morgan fingerprint density at radius 2 is 2.21 bits per heavy atom. The standard InChI is InChI=1S/C11H20N2O/c1-4-5-9(2)7-13-8-11(6-12-13)10(3)14/h6,8-10,14H,4-5,7H2,1-3H3. The van der Waals surface area contributed by atoms with E-state index in [1.165, 1.54) is 12.8 Å². The molecule has 14 heavy (non-hydrogen) atoms. The summed E-state index contributed by atoms with van der Waals surface area (Å²) in [6.07, 6.45) is 5.70. The van der Waals surface area contributed by atoms with E-state index < -0.39 is 6.10 Å². The fraction of sp³-hybridized carbons (Fsp3) is 0.727. The van der Waals surface area contributed by atoms with Gasteiger partial charge in [-0.25, -0.2) is 0 Å². The maximum atomic E-state index is 9.32. The first-order valence-corrected chi connectivity index (χ1v) is 5.34. The number of nitrogens with zero attached hydrogens (tertiary/aromatic N) is 2. The van der Waals surface area contributed by atoms with Gasteiger partial charge >= 0.3 is 0 Å². The minimum absolute atomic E-state index is 0.412. The van der Waals surface area contributed by atoms with E-state index in [1.54, 1.807) is 13.1 Å². The van der Waals surface area contributed by atoms with Gasteiger partial charge in [-0.15, -0.1) is 0 Å². The average Bonchev–Trinajstić information content (AvgIpc) is 2.53. The van der Waals surface area contributed by atoms with E-state index in [2.05, 4.69) is 18.9 Å². The topological polar surface area (TPSA) is 38.0 Å². The lowest BCUT2D eigenvalue weighted by Gasteiger charge is -2.09. The summed E-state index contributed by atoms with van der Waals surface area (Å²) in [7, 11) is 0. The van der Waals surface area contributed by atoms with E-state index in [-0.39, 0.29) is 0 Å². The zero-order chi connectivity index (χ0) is 10.6. The first kappa shape index (κ1) is 11.2. The summed E-state index contributed by atoms with van der Waals surface area (Å²) in [5.74, 6) is 0.654. The fourth-order valence-corrected chi connectivity index (χ4v) is 1.60. The number of aliphatic hydroxyl groups excluding tert-OH is 1. The van der Waals surface area contributed by atoms with Crippen molar-refractivity contribution in [3.8, 4) is 0 Å². The van der Waals surface area contributed by atoms with Gasteiger partial charge in [0.15, 0.2) is 0 Å². The molecular formula is C11H20N2O. The molecule has 0 aliphatic heterocycles. The summed E-state index contributed by atoms with van der Waals surface area (Å²) in [5.41, 5.74) is 0.897. The summed E-state index contributed by atoms with van der Waals surface area (Å²) in [5, 5.41) is 13.5. The molecule has 0 fully saturated rings. The van der Waals surface area contributed by atoms with E-state index in [0.29, 0.717) is 5.92 Å². The van der Waals surface area contributed by atoms with Gasteiger partial charge in [0.2, 0.25) is 0 Å². The minimum atomic E-state index is -0.412. The van der Waals surface area contributed by atoms with Crippen LogP contribution in [0.15, 0.2) is 12.4 Å². The van der Waals surface area contributed by atoms with E-state index in [4.69, 9.17) is 0 Å². The molecular weight excluding hydrogens is 176 g/mol. The molecule has 0 bridgehead atoms. The van der Waals surface area contributed by atoms with Crippen molar-refractivity contribution in [2.75, 3.05) is 0 Å². The molecule has 0 amide bonds. The lowest BCUT2D eigenvalue weighted by atomic mass is 10.1. The molecule has 1 rings (SSSR count). The Morgan fingerprint density at radius 1 is 1.50 bits per heavy atom. The maximum Gasteiger partial charge on any atom is 0.0792 e. The van der Waals surface area contributed by atoms with Crippen molar-refractivity contribution in [1.29, 1.82) is 0 Å². The Labute approximate surface area is 85.8 Å². The molecule has 0 aromatic carbocycles. The molecule has 3 nitrogen and oxygen atoms in total. The Balaban J connectivity index is 2.51. The van der Waals surface area contributed by atoms with Gasteiger partial charge in [0, 0.05) is 18.3 Å². The molecule has 0 aliphatic carbocycles. The Bertz CT molecular complexity index is 268. The van der Waals surface area contributed by atoms with E-state index in [0.717, 1.165) is 12.1 Å². The normalized spacial score (nSPS) is 15.4.